The molecule has 0 unspecified atom stereocenters. The Morgan fingerprint density at radius 1 is 0.897 bits per heavy atom. The van der Waals surface area contributed by atoms with Crippen molar-refractivity contribution in [1.29, 1.82) is 0 Å². The van der Waals surface area contributed by atoms with E-state index >= 15 is 0 Å². The summed E-state index contributed by atoms with van der Waals surface area (Å²) in [6, 6.07) is 22.6. The number of benzene rings is 2. The fourth-order valence-corrected chi connectivity index (χ4v) is 3.18. The predicted molar refractivity (Wildman–Crippen MR) is 118 cm³/mol. The van der Waals surface area contributed by atoms with Gasteiger partial charge in [-0.25, -0.2) is 0 Å². The Morgan fingerprint density at radius 3 is 2.48 bits per heavy atom. The van der Waals surface area contributed by atoms with E-state index in [1.165, 1.54) is 5.56 Å². The van der Waals surface area contributed by atoms with E-state index in [-0.39, 0.29) is 0 Å². The normalized spacial score (nSPS) is 10.7. The lowest BCUT2D eigenvalue weighted by atomic mass is 10.2. The maximum absolute atomic E-state index is 4.54. The van der Waals surface area contributed by atoms with Crippen LogP contribution >= 0.6 is 0 Å². The molecular formula is C23H24N6. The smallest absolute Gasteiger partial charge is 0.183 e. The Balaban J connectivity index is 1.62. The third kappa shape index (κ3) is 4.27. The highest BCUT2D eigenvalue weighted by molar-refractivity contribution is 5.67. The standard InChI is InChI=1S/C23H24N6/c1-17-26-27-23(29(17)16-18-8-5-4-6-9-18)22-15-20(12-13-24-22)25-19-10-7-11-21(14-19)28(2)3/h4-15H,16H2,1-3H3,(H,24,25). The summed E-state index contributed by atoms with van der Waals surface area (Å²) in [5.74, 6) is 1.62. The zero-order valence-corrected chi connectivity index (χ0v) is 16.9. The number of anilines is 3. The zero-order valence-electron chi connectivity index (χ0n) is 16.9. The van der Waals surface area contributed by atoms with Gasteiger partial charge in [-0.1, -0.05) is 36.4 Å². The van der Waals surface area contributed by atoms with Crippen LogP contribution in [0, 0.1) is 6.92 Å². The molecule has 4 aromatic rings. The van der Waals surface area contributed by atoms with Gasteiger partial charge in [-0.05, 0) is 42.8 Å². The Kier molecular flexibility index (Phi) is 5.24. The van der Waals surface area contributed by atoms with Gasteiger partial charge in [0.05, 0.1) is 6.54 Å². The lowest BCUT2D eigenvalue weighted by molar-refractivity contribution is 0.766. The molecule has 2 aromatic heterocycles. The second-order valence-corrected chi connectivity index (χ2v) is 7.14. The molecule has 0 saturated carbocycles. The molecular weight excluding hydrogens is 360 g/mol. The van der Waals surface area contributed by atoms with Crippen LogP contribution in [0.3, 0.4) is 0 Å². The maximum Gasteiger partial charge on any atom is 0.183 e. The molecule has 0 saturated heterocycles. The molecule has 0 aliphatic heterocycles. The lowest BCUT2D eigenvalue weighted by Gasteiger charge is -2.15. The number of aryl methyl sites for hydroxylation is 1. The fourth-order valence-electron chi connectivity index (χ4n) is 3.18. The van der Waals surface area contributed by atoms with Crippen LogP contribution < -0.4 is 10.2 Å². The van der Waals surface area contributed by atoms with Crippen molar-refractivity contribution in [3.63, 3.8) is 0 Å². The highest BCUT2D eigenvalue weighted by atomic mass is 15.3. The molecule has 0 amide bonds. The molecule has 0 bridgehead atoms. The molecule has 0 aliphatic carbocycles. The minimum Gasteiger partial charge on any atom is -0.378 e. The van der Waals surface area contributed by atoms with Gasteiger partial charge in [0, 0.05) is 37.4 Å². The number of nitrogens with one attached hydrogen (secondary N) is 1. The second kappa shape index (κ2) is 8.14. The topological polar surface area (TPSA) is 58.9 Å². The number of pyridine rings is 1. The summed E-state index contributed by atoms with van der Waals surface area (Å²) in [4.78, 5) is 6.62. The summed E-state index contributed by atoms with van der Waals surface area (Å²) in [7, 11) is 4.07. The first-order valence-corrected chi connectivity index (χ1v) is 9.55. The van der Waals surface area contributed by atoms with Crippen LogP contribution in [0.15, 0.2) is 72.9 Å². The van der Waals surface area contributed by atoms with E-state index < -0.39 is 0 Å². The highest BCUT2D eigenvalue weighted by Crippen LogP contribution is 2.25. The first kappa shape index (κ1) is 18.7. The SMILES string of the molecule is Cc1nnc(-c2cc(Nc3cccc(N(C)C)c3)ccn2)n1Cc1ccccc1. The van der Waals surface area contributed by atoms with Crippen molar-refractivity contribution in [2.75, 3.05) is 24.3 Å². The van der Waals surface area contributed by atoms with E-state index in [1.54, 1.807) is 6.20 Å². The molecule has 6 heteroatoms. The van der Waals surface area contributed by atoms with Crippen molar-refractivity contribution in [1.82, 2.24) is 19.7 Å². The summed E-state index contributed by atoms with van der Waals surface area (Å²) < 4.78 is 2.09. The molecule has 0 atom stereocenters. The maximum atomic E-state index is 4.54. The van der Waals surface area contributed by atoms with Crippen LogP contribution in [0.2, 0.25) is 0 Å². The quantitative estimate of drug-likeness (QED) is 0.530. The number of aromatic nitrogens is 4. The molecule has 146 valence electrons. The minimum absolute atomic E-state index is 0.708. The van der Waals surface area contributed by atoms with E-state index in [2.05, 4.69) is 60.3 Å². The first-order chi connectivity index (χ1) is 14.1. The second-order valence-electron chi connectivity index (χ2n) is 7.14. The molecule has 1 N–H and O–H groups in total. The van der Waals surface area contributed by atoms with Crippen molar-refractivity contribution < 1.29 is 0 Å². The monoisotopic (exact) mass is 384 g/mol. The molecule has 0 fully saturated rings. The van der Waals surface area contributed by atoms with Crippen LogP contribution in [0.4, 0.5) is 17.1 Å². The van der Waals surface area contributed by atoms with Gasteiger partial charge >= 0.3 is 0 Å². The average molecular weight is 384 g/mol. The Morgan fingerprint density at radius 2 is 1.69 bits per heavy atom. The highest BCUT2D eigenvalue weighted by Gasteiger charge is 2.13. The van der Waals surface area contributed by atoms with Crippen molar-refractivity contribution in [2.24, 2.45) is 0 Å². The molecule has 0 spiro atoms. The number of rotatable bonds is 6. The summed E-state index contributed by atoms with van der Waals surface area (Å²) in [6.07, 6.45) is 1.80. The molecule has 0 radical (unpaired) electrons. The van der Waals surface area contributed by atoms with Crippen LogP contribution in [-0.4, -0.2) is 33.8 Å². The minimum atomic E-state index is 0.708. The summed E-state index contributed by atoms with van der Waals surface area (Å²) in [5.41, 5.74) is 5.11. The third-order valence-corrected chi connectivity index (χ3v) is 4.76. The van der Waals surface area contributed by atoms with E-state index in [4.69, 9.17) is 0 Å². The van der Waals surface area contributed by atoms with Gasteiger partial charge in [0.25, 0.3) is 0 Å². The lowest BCUT2D eigenvalue weighted by Crippen LogP contribution is -2.08. The van der Waals surface area contributed by atoms with Crippen LogP contribution in [0.1, 0.15) is 11.4 Å². The number of hydrogen-bond donors (Lipinski definition) is 1. The fraction of sp³-hybridized carbons (Fsp3) is 0.174. The molecule has 6 nitrogen and oxygen atoms in total. The Hall–Kier alpha value is -3.67. The van der Waals surface area contributed by atoms with Crippen molar-refractivity contribution in [3.8, 4) is 11.5 Å². The van der Waals surface area contributed by atoms with Gasteiger partial charge in [0.15, 0.2) is 5.82 Å². The molecule has 0 aliphatic rings. The van der Waals surface area contributed by atoms with Crippen LogP contribution in [-0.2, 0) is 6.54 Å². The molecule has 29 heavy (non-hydrogen) atoms. The Labute approximate surface area is 170 Å². The molecule has 4 rings (SSSR count). The summed E-state index contributed by atoms with van der Waals surface area (Å²) in [5, 5.41) is 12.1. The number of hydrogen-bond acceptors (Lipinski definition) is 5. The average Bonchev–Trinajstić information content (AvgIpc) is 3.09. The van der Waals surface area contributed by atoms with E-state index in [9.17, 15) is 0 Å². The summed E-state index contributed by atoms with van der Waals surface area (Å²) in [6.45, 7) is 2.67. The van der Waals surface area contributed by atoms with Gasteiger partial charge < -0.3 is 14.8 Å². The largest absolute Gasteiger partial charge is 0.378 e. The van der Waals surface area contributed by atoms with Crippen molar-refractivity contribution >= 4 is 17.1 Å². The predicted octanol–water partition coefficient (Wildman–Crippen LogP) is 4.51. The van der Waals surface area contributed by atoms with E-state index in [1.807, 2.05) is 57.4 Å². The van der Waals surface area contributed by atoms with Gasteiger partial charge in [-0.3, -0.25) is 4.98 Å². The number of nitrogens with zero attached hydrogens (tertiary/aromatic N) is 5. The van der Waals surface area contributed by atoms with Crippen LogP contribution in [0.5, 0.6) is 0 Å². The van der Waals surface area contributed by atoms with Gasteiger partial charge in [-0.15, -0.1) is 10.2 Å². The van der Waals surface area contributed by atoms with Crippen molar-refractivity contribution in [2.45, 2.75) is 13.5 Å². The van der Waals surface area contributed by atoms with Gasteiger partial charge in [0.2, 0.25) is 0 Å². The van der Waals surface area contributed by atoms with E-state index in [0.29, 0.717) is 6.54 Å². The van der Waals surface area contributed by atoms with Crippen LogP contribution in [0.25, 0.3) is 11.5 Å². The molecule has 2 aromatic carbocycles. The zero-order chi connectivity index (χ0) is 20.2. The summed E-state index contributed by atoms with van der Waals surface area (Å²) >= 11 is 0. The van der Waals surface area contributed by atoms with Gasteiger partial charge in [-0.2, -0.15) is 0 Å². The molecule has 2 heterocycles. The third-order valence-electron chi connectivity index (χ3n) is 4.76. The first-order valence-electron chi connectivity index (χ1n) is 9.55. The van der Waals surface area contributed by atoms with E-state index in [0.717, 1.165) is 34.4 Å². The van der Waals surface area contributed by atoms with Gasteiger partial charge in [0.1, 0.15) is 11.5 Å². The van der Waals surface area contributed by atoms with Crippen molar-refractivity contribution in [3.05, 3.63) is 84.3 Å². The Bertz CT molecular complexity index is 1100.